The van der Waals surface area contributed by atoms with Crippen LogP contribution < -0.4 is 15.4 Å². The quantitative estimate of drug-likeness (QED) is 0.766. The van der Waals surface area contributed by atoms with Crippen LogP contribution >= 0.6 is 0 Å². The zero-order chi connectivity index (χ0) is 22.5. The van der Waals surface area contributed by atoms with Crippen LogP contribution in [-0.4, -0.2) is 37.7 Å². The number of hydrogen-bond acceptors (Lipinski definition) is 6. The van der Waals surface area contributed by atoms with Crippen molar-refractivity contribution in [3.8, 4) is 29.0 Å². The minimum Gasteiger partial charge on any atom is -0.488 e. The molecule has 1 fully saturated rings. The van der Waals surface area contributed by atoms with Crippen molar-refractivity contribution in [2.24, 2.45) is 0 Å². The highest BCUT2D eigenvalue weighted by Crippen LogP contribution is 2.39. The third kappa shape index (κ3) is 4.72. The van der Waals surface area contributed by atoms with Gasteiger partial charge in [-0.05, 0) is 60.3 Å². The molecule has 2 atom stereocenters. The monoisotopic (exact) mass is 434 g/mol. The highest BCUT2D eigenvalue weighted by Gasteiger charge is 2.25. The standard InChI is InChI=1S/C24H23FN4O3/c25-21-10-20-19-4-3-15(11-26)7-17(19)14-32-22(20)9-16(21)8-18(12-27)29-24(30)23-13-28-5-1-2-6-31-23/h3-4,7,9-10,18,23,28H,1-2,5-6,8,13-14H2,(H,29,30)/t18-,23+/m1/s1. The summed E-state index contributed by atoms with van der Waals surface area (Å²) in [5, 5.41) is 24.4. The van der Waals surface area contributed by atoms with Crippen LogP contribution in [-0.2, 0) is 22.6 Å². The summed E-state index contributed by atoms with van der Waals surface area (Å²) in [5.74, 6) is -0.361. The highest BCUT2D eigenvalue weighted by atomic mass is 19.1. The second-order valence-electron chi connectivity index (χ2n) is 7.88. The molecule has 8 heteroatoms. The molecular formula is C24H23FN4O3. The van der Waals surface area contributed by atoms with E-state index in [1.165, 1.54) is 6.07 Å². The van der Waals surface area contributed by atoms with Crippen LogP contribution in [0.1, 0.15) is 29.5 Å². The number of rotatable bonds is 4. The topological polar surface area (TPSA) is 107 Å². The van der Waals surface area contributed by atoms with E-state index in [9.17, 15) is 14.4 Å². The van der Waals surface area contributed by atoms with Gasteiger partial charge in [0.15, 0.2) is 0 Å². The number of hydrogen-bond donors (Lipinski definition) is 2. The molecule has 0 saturated carbocycles. The number of ether oxygens (including phenoxy) is 2. The van der Waals surface area contributed by atoms with Gasteiger partial charge in [0, 0.05) is 25.1 Å². The second kappa shape index (κ2) is 9.78. The van der Waals surface area contributed by atoms with Crippen molar-refractivity contribution in [1.29, 1.82) is 10.5 Å². The fraction of sp³-hybridized carbons (Fsp3) is 0.375. The fourth-order valence-electron chi connectivity index (χ4n) is 3.93. The molecule has 2 N–H and O–H groups in total. The molecule has 2 aliphatic rings. The van der Waals surface area contributed by atoms with Crippen LogP contribution in [0.5, 0.6) is 5.75 Å². The van der Waals surface area contributed by atoms with Crippen molar-refractivity contribution in [3.05, 3.63) is 52.8 Å². The molecule has 0 aliphatic carbocycles. The number of nitrogens with zero attached hydrogens (tertiary/aromatic N) is 2. The van der Waals surface area contributed by atoms with Gasteiger partial charge in [0.25, 0.3) is 5.91 Å². The van der Waals surface area contributed by atoms with Crippen molar-refractivity contribution in [2.45, 2.75) is 38.0 Å². The third-order valence-corrected chi connectivity index (χ3v) is 5.64. The highest BCUT2D eigenvalue weighted by molar-refractivity contribution is 5.81. The van der Waals surface area contributed by atoms with Crippen molar-refractivity contribution in [1.82, 2.24) is 10.6 Å². The van der Waals surface area contributed by atoms with Gasteiger partial charge in [-0.15, -0.1) is 0 Å². The van der Waals surface area contributed by atoms with Crippen LogP contribution in [0.2, 0.25) is 0 Å². The second-order valence-corrected chi connectivity index (χ2v) is 7.88. The van der Waals surface area contributed by atoms with Crippen LogP contribution in [0, 0.1) is 28.5 Å². The summed E-state index contributed by atoms with van der Waals surface area (Å²) in [6.45, 7) is 1.95. The molecule has 7 nitrogen and oxygen atoms in total. The molecule has 4 rings (SSSR count). The Morgan fingerprint density at radius 1 is 1.25 bits per heavy atom. The number of carbonyl (C=O) groups is 1. The van der Waals surface area contributed by atoms with E-state index in [-0.39, 0.29) is 24.5 Å². The van der Waals surface area contributed by atoms with Gasteiger partial charge in [0.1, 0.15) is 30.3 Å². The summed E-state index contributed by atoms with van der Waals surface area (Å²) in [5.41, 5.74) is 3.03. The lowest BCUT2D eigenvalue weighted by molar-refractivity contribution is -0.133. The lowest BCUT2D eigenvalue weighted by atomic mass is 9.93. The SMILES string of the molecule is N#Cc1ccc2c(c1)COc1cc(C[C@H](C#N)NC(=O)[C@@H]3CNCCCCO3)c(F)cc1-2. The van der Waals surface area contributed by atoms with Crippen LogP contribution in [0.25, 0.3) is 11.1 Å². The maximum absolute atomic E-state index is 14.9. The van der Waals surface area contributed by atoms with Gasteiger partial charge in [-0.3, -0.25) is 4.79 Å². The Labute approximate surface area is 185 Å². The molecular weight excluding hydrogens is 411 g/mol. The molecule has 1 saturated heterocycles. The molecule has 1 amide bonds. The van der Waals surface area contributed by atoms with Gasteiger partial charge in [-0.1, -0.05) is 6.07 Å². The first-order chi connectivity index (χ1) is 15.6. The molecule has 0 radical (unpaired) electrons. The van der Waals surface area contributed by atoms with E-state index in [2.05, 4.69) is 16.7 Å². The van der Waals surface area contributed by atoms with E-state index < -0.39 is 18.0 Å². The Bertz CT molecular complexity index is 1100. The lowest BCUT2D eigenvalue weighted by Crippen LogP contribution is -2.47. The summed E-state index contributed by atoms with van der Waals surface area (Å²) in [6.07, 6.45) is 1.17. The number of benzene rings is 2. The maximum atomic E-state index is 14.9. The molecule has 2 aromatic carbocycles. The summed E-state index contributed by atoms with van der Waals surface area (Å²) in [6, 6.07) is 11.4. The Kier molecular flexibility index (Phi) is 6.65. The van der Waals surface area contributed by atoms with Gasteiger partial charge >= 0.3 is 0 Å². The Morgan fingerprint density at radius 2 is 2.12 bits per heavy atom. The molecule has 0 bridgehead atoms. The van der Waals surface area contributed by atoms with Gasteiger partial charge in [-0.2, -0.15) is 10.5 Å². The van der Waals surface area contributed by atoms with E-state index in [0.717, 1.165) is 30.5 Å². The van der Waals surface area contributed by atoms with Gasteiger partial charge in [0.05, 0.1) is 17.7 Å². The van der Waals surface area contributed by atoms with Gasteiger partial charge < -0.3 is 20.1 Å². The van der Waals surface area contributed by atoms with E-state index in [4.69, 9.17) is 14.7 Å². The Hall–Kier alpha value is -3.46. The van der Waals surface area contributed by atoms with E-state index >= 15 is 0 Å². The minimum absolute atomic E-state index is 0.00505. The normalized spacial score (nSPS) is 18.4. The molecule has 2 heterocycles. The number of nitrogens with one attached hydrogen (secondary N) is 2. The molecule has 0 spiro atoms. The fourth-order valence-corrected chi connectivity index (χ4v) is 3.93. The molecule has 0 aromatic heterocycles. The van der Waals surface area contributed by atoms with E-state index in [1.54, 1.807) is 24.3 Å². The summed E-state index contributed by atoms with van der Waals surface area (Å²) < 4.78 is 26.3. The van der Waals surface area contributed by atoms with Gasteiger partial charge in [0.2, 0.25) is 0 Å². The maximum Gasteiger partial charge on any atom is 0.251 e. The van der Waals surface area contributed by atoms with Crippen molar-refractivity contribution < 1.29 is 18.7 Å². The first-order valence-electron chi connectivity index (χ1n) is 10.6. The molecule has 0 unspecified atom stereocenters. The van der Waals surface area contributed by atoms with Crippen molar-refractivity contribution in [3.63, 3.8) is 0 Å². The summed E-state index contributed by atoms with van der Waals surface area (Å²) in [4.78, 5) is 12.6. The molecule has 164 valence electrons. The van der Waals surface area contributed by atoms with Crippen LogP contribution in [0.4, 0.5) is 4.39 Å². The van der Waals surface area contributed by atoms with Crippen molar-refractivity contribution in [2.75, 3.05) is 19.7 Å². The van der Waals surface area contributed by atoms with Crippen LogP contribution in [0.15, 0.2) is 30.3 Å². The largest absolute Gasteiger partial charge is 0.488 e. The van der Waals surface area contributed by atoms with E-state index in [0.29, 0.717) is 30.0 Å². The first kappa shape index (κ1) is 21.8. The Morgan fingerprint density at radius 3 is 2.94 bits per heavy atom. The number of amides is 1. The number of nitriles is 2. The first-order valence-corrected chi connectivity index (χ1v) is 10.6. The summed E-state index contributed by atoms with van der Waals surface area (Å²) in [7, 11) is 0. The number of carbonyl (C=O) groups excluding carboxylic acids is 1. The predicted octanol–water partition coefficient (Wildman–Crippen LogP) is 2.58. The van der Waals surface area contributed by atoms with Gasteiger partial charge in [-0.25, -0.2) is 4.39 Å². The third-order valence-electron chi connectivity index (χ3n) is 5.64. The molecule has 2 aromatic rings. The Balaban J connectivity index is 1.49. The predicted molar refractivity (Wildman–Crippen MR) is 114 cm³/mol. The minimum atomic E-state index is -0.904. The summed E-state index contributed by atoms with van der Waals surface area (Å²) >= 11 is 0. The van der Waals surface area contributed by atoms with Crippen molar-refractivity contribution >= 4 is 5.91 Å². The zero-order valence-electron chi connectivity index (χ0n) is 17.5. The smallest absolute Gasteiger partial charge is 0.251 e. The average molecular weight is 434 g/mol. The number of fused-ring (bicyclic) bond motifs is 3. The molecule has 2 aliphatic heterocycles. The molecule has 32 heavy (non-hydrogen) atoms. The zero-order valence-corrected chi connectivity index (χ0v) is 17.5. The average Bonchev–Trinajstić information content (AvgIpc) is 2.78. The van der Waals surface area contributed by atoms with E-state index in [1.807, 2.05) is 6.07 Å². The van der Waals surface area contributed by atoms with Crippen LogP contribution in [0.3, 0.4) is 0 Å². The number of halogens is 1. The lowest BCUT2D eigenvalue weighted by Gasteiger charge is -2.24.